The smallest absolute Gasteiger partial charge is 0.211 e. The highest BCUT2D eigenvalue weighted by Gasteiger charge is 2.12. The van der Waals surface area contributed by atoms with Crippen LogP contribution in [0.3, 0.4) is 0 Å². The molecular formula is C32H37N3O4. The van der Waals surface area contributed by atoms with E-state index in [9.17, 15) is 15.0 Å². The molecule has 0 heterocycles. The number of hydrogen-bond acceptors (Lipinski definition) is 6. The largest absolute Gasteiger partial charge is 0.487 e. The van der Waals surface area contributed by atoms with E-state index in [1.165, 1.54) is 5.56 Å². The molecule has 1 aliphatic rings. The summed E-state index contributed by atoms with van der Waals surface area (Å²) in [4.78, 5) is 11.1. The van der Waals surface area contributed by atoms with Crippen LogP contribution in [-0.4, -0.2) is 42.4 Å². The summed E-state index contributed by atoms with van der Waals surface area (Å²) in [7, 11) is 0. The van der Waals surface area contributed by atoms with Crippen LogP contribution in [0.15, 0.2) is 96.6 Å². The molecular weight excluding hydrogens is 490 g/mol. The van der Waals surface area contributed by atoms with Crippen LogP contribution in [0.4, 0.5) is 11.4 Å². The van der Waals surface area contributed by atoms with E-state index in [-0.39, 0.29) is 0 Å². The number of carbonyl (C=O) groups excluding carboxylic acids is 1. The molecule has 1 aliphatic carbocycles. The Morgan fingerprint density at radius 3 is 2.46 bits per heavy atom. The lowest BCUT2D eigenvalue weighted by Gasteiger charge is -2.17. The quantitative estimate of drug-likeness (QED) is 0.144. The van der Waals surface area contributed by atoms with Gasteiger partial charge in [-0.15, -0.1) is 0 Å². The van der Waals surface area contributed by atoms with E-state index in [1.54, 1.807) is 12.1 Å². The molecule has 0 bridgehead atoms. The molecule has 0 saturated carbocycles. The van der Waals surface area contributed by atoms with Gasteiger partial charge in [-0.3, -0.25) is 4.79 Å². The number of rotatable bonds is 15. The molecule has 7 heteroatoms. The van der Waals surface area contributed by atoms with Crippen LogP contribution in [0.2, 0.25) is 0 Å². The third-order valence-electron chi connectivity index (χ3n) is 6.63. The second-order valence-electron chi connectivity index (χ2n) is 9.54. The average molecular weight is 528 g/mol. The fourth-order valence-corrected chi connectivity index (χ4v) is 4.38. The molecule has 7 nitrogen and oxygen atoms in total. The maximum absolute atomic E-state index is 11.1. The van der Waals surface area contributed by atoms with Crippen LogP contribution in [-0.2, 0) is 17.8 Å². The van der Waals surface area contributed by atoms with Crippen LogP contribution >= 0.6 is 0 Å². The predicted molar refractivity (Wildman–Crippen MR) is 156 cm³/mol. The van der Waals surface area contributed by atoms with E-state index in [1.807, 2.05) is 54.6 Å². The minimum Gasteiger partial charge on any atom is -0.487 e. The minimum absolute atomic E-state index is 0.382. The van der Waals surface area contributed by atoms with E-state index in [0.717, 1.165) is 36.1 Å². The standard InChI is InChI=1S/C32H37N3O4/c36-23-35-29-19-27(13-16-32(29)39-22-25-7-3-1-4-8-25)30(37)20-33-18-17-24-11-14-28(15-12-24)34-21-31(38)26-9-5-2-6-10-26/h1,3-5,7-16,19,23,30-31,33-34,37-38H,2,6,17-18,20-22H2,(H,35,36). The lowest BCUT2D eigenvalue weighted by molar-refractivity contribution is -0.105. The summed E-state index contributed by atoms with van der Waals surface area (Å²) in [5.74, 6) is 0.546. The Balaban J connectivity index is 1.20. The molecule has 1 amide bonds. The van der Waals surface area contributed by atoms with Crippen molar-refractivity contribution < 1.29 is 19.7 Å². The zero-order chi connectivity index (χ0) is 27.3. The lowest BCUT2D eigenvalue weighted by Crippen LogP contribution is -2.24. The fraction of sp³-hybridized carbons (Fsp3) is 0.281. The van der Waals surface area contributed by atoms with E-state index in [2.05, 4.69) is 40.2 Å². The monoisotopic (exact) mass is 527 g/mol. The predicted octanol–water partition coefficient (Wildman–Crippen LogP) is 4.75. The second kappa shape index (κ2) is 14.9. The van der Waals surface area contributed by atoms with Gasteiger partial charge in [0.2, 0.25) is 6.41 Å². The summed E-state index contributed by atoms with van der Waals surface area (Å²) in [6.07, 6.45) is 8.39. The van der Waals surface area contributed by atoms with Crippen LogP contribution < -0.4 is 20.7 Å². The number of nitrogens with one attached hydrogen (secondary N) is 3. The first-order valence-electron chi connectivity index (χ1n) is 13.4. The highest BCUT2D eigenvalue weighted by Crippen LogP contribution is 2.29. The van der Waals surface area contributed by atoms with Gasteiger partial charge in [-0.05, 0) is 72.3 Å². The summed E-state index contributed by atoms with van der Waals surface area (Å²) in [5, 5.41) is 30.3. The Bertz CT molecular complexity index is 1240. The Morgan fingerprint density at radius 2 is 1.72 bits per heavy atom. The van der Waals surface area contributed by atoms with Crippen LogP contribution in [0.25, 0.3) is 0 Å². The molecule has 0 radical (unpaired) electrons. The van der Waals surface area contributed by atoms with Gasteiger partial charge in [0, 0.05) is 18.8 Å². The molecule has 0 fully saturated rings. The first-order valence-corrected chi connectivity index (χ1v) is 13.4. The Labute approximate surface area is 230 Å². The van der Waals surface area contributed by atoms with Crippen molar-refractivity contribution in [3.8, 4) is 5.75 Å². The van der Waals surface area contributed by atoms with Crippen molar-refractivity contribution >= 4 is 17.8 Å². The Hall–Kier alpha value is -3.91. The number of hydrogen-bond donors (Lipinski definition) is 5. The fourth-order valence-electron chi connectivity index (χ4n) is 4.38. The zero-order valence-electron chi connectivity index (χ0n) is 22.1. The van der Waals surface area contributed by atoms with Crippen molar-refractivity contribution in [2.45, 2.75) is 38.1 Å². The molecule has 0 aliphatic heterocycles. The summed E-state index contributed by atoms with van der Waals surface area (Å²) in [6, 6.07) is 23.3. The average Bonchev–Trinajstić information content (AvgIpc) is 2.99. The highest BCUT2D eigenvalue weighted by molar-refractivity contribution is 5.76. The van der Waals surface area contributed by atoms with Crippen LogP contribution in [0, 0.1) is 0 Å². The molecule has 204 valence electrons. The van der Waals surface area contributed by atoms with Gasteiger partial charge in [-0.2, -0.15) is 0 Å². The number of benzene rings is 3. The van der Waals surface area contributed by atoms with Crippen molar-refractivity contribution in [3.63, 3.8) is 0 Å². The normalized spacial score (nSPS) is 14.3. The van der Waals surface area contributed by atoms with Crippen LogP contribution in [0.1, 0.15) is 35.6 Å². The van der Waals surface area contributed by atoms with E-state index >= 15 is 0 Å². The number of allylic oxidation sites excluding steroid dienone is 2. The van der Waals surface area contributed by atoms with Gasteiger partial charge in [0.05, 0.1) is 17.9 Å². The Kier molecular flexibility index (Phi) is 10.7. The van der Waals surface area contributed by atoms with Gasteiger partial charge in [-0.25, -0.2) is 0 Å². The van der Waals surface area contributed by atoms with E-state index in [4.69, 9.17) is 4.74 Å². The maximum Gasteiger partial charge on any atom is 0.211 e. The van der Waals surface area contributed by atoms with E-state index in [0.29, 0.717) is 49.7 Å². The van der Waals surface area contributed by atoms with Gasteiger partial charge in [0.1, 0.15) is 12.4 Å². The highest BCUT2D eigenvalue weighted by atomic mass is 16.5. The molecule has 0 saturated heterocycles. The molecule has 2 atom stereocenters. The number of anilines is 2. The molecule has 0 spiro atoms. The van der Waals surface area contributed by atoms with Crippen molar-refractivity contribution in [2.24, 2.45) is 0 Å². The lowest BCUT2D eigenvalue weighted by atomic mass is 10.0. The van der Waals surface area contributed by atoms with Crippen molar-refractivity contribution in [3.05, 3.63) is 113 Å². The van der Waals surface area contributed by atoms with Gasteiger partial charge in [0.25, 0.3) is 0 Å². The molecule has 3 aromatic carbocycles. The minimum atomic E-state index is -0.729. The first kappa shape index (κ1) is 28.1. The zero-order valence-corrected chi connectivity index (χ0v) is 22.1. The second-order valence-corrected chi connectivity index (χ2v) is 9.54. The summed E-state index contributed by atoms with van der Waals surface area (Å²) in [6.45, 7) is 1.94. The van der Waals surface area contributed by atoms with Gasteiger partial charge in [-0.1, -0.05) is 66.8 Å². The molecule has 0 aromatic heterocycles. The molecule has 5 N–H and O–H groups in total. The maximum atomic E-state index is 11.1. The topological polar surface area (TPSA) is 103 Å². The molecule has 2 unspecified atom stereocenters. The third kappa shape index (κ3) is 8.82. The Morgan fingerprint density at radius 1 is 0.897 bits per heavy atom. The first-order chi connectivity index (χ1) is 19.1. The number of aliphatic hydroxyl groups excluding tert-OH is 2. The summed E-state index contributed by atoms with van der Waals surface area (Å²) < 4.78 is 5.88. The number of aliphatic hydroxyl groups is 2. The number of amides is 1. The summed E-state index contributed by atoms with van der Waals surface area (Å²) in [5.41, 5.74) is 5.36. The van der Waals surface area contributed by atoms with E-state index < -0.39 is 12.2 Å². The van der Waals surface area contributed by atoms with Crippen molar-refractivity contribution in [1.29, 1.82) is 0 Å². The van der Waals surface area contributed by atoms with Gasteiger partial charge >= 0.3 is 0 Å². The molecule has 3 aromatic rings. The molecule has 4 rings (SSSR count). The van der Waals surface area contributed by atoms with Crippen molar-refractivity contribution in [1.82, 2.24) is 5.32 Å². The van der Waals surface area contributed by atoms with Gasteiger partial charge in [0.15, 0.2) is 0 Å². The van der Waals surface area contributed by atoms with Gasteiger partial charge < -0.3 is 30.9 Å². The number of ether oxygens (including phenoxy) is 1. The summed E-state index contributed by atoms with van der Waals surface area (Å²) >= 11 is 0. The number of carbonyl (C=O) groups is 1. The SMILES string of the molecule is O=CNc1cc(C(O)CNCCc2ccc(NCC(O)C3=CCCC=C3)cc2)ccc1OCc1ccccc1. The molecule has 39 heavy (non-hydrogen) atoms. The van der Waals surface area contributed by atoms with Crippen molar-refractivity contribution in [2.75, 3.05) is 30.3 Å². The van der Waals surface area contributed by atoms with Crippen LogP contribution in [0.5, 0.6) is 5.75 Å². The third-order valence-corrected chi connectivity index (χ3v) is 6.63.